The first kappa shape index (κ1) is 14.8. The van der Waals surface area contributed by atoms with Gasteiger partial charge in [-0.15, -0.1) is 5.10 Å². The largest absolute Gasteiger partial charge is 0.250 e. The van der Waals surface area contributed by atoms with Crippen LogP contribution in [0.2, 0.25) is 0 Å². The van der Waals surface area contributed by atoms with Gasteiger partial charge in [0, 0.05) is 7.05 Å². The highest BCUT2D eigenvalue weighted by atomic mass is 32.2. The number of aromatic nitrogens is 7. The number of hydrogen-bond donors (Lipinski definition) is 0. The molecule has 0 N–H and O–H groups in total. The summed E-state index contributed by atoms with van der Waals surface area (Å²) < 4.78 is 3.53. The van der Waals surface area contributed by atoms with Crippen LogP contribution in [0.15, 0.2) is 54.1 Å². The van der Waals surface area contributed by atoms with Gasteiger partial charge >= 0.3 is 0 Å². The van der Waals surface area contributed by atoms with Crippen LogP contribution in [0.5, 0.6) is 0 Å². The third-order valence-electron chi connectivity index (χ3n) is 3.73. The van der Waals surface area contributed by atoms with Crippen LogP contribution in [0, 0.1) is 0 Å². The maximum Gasteiger partial charge on any atom is 0.162 e. The summed E-state index contributed by atoms with van der Waals surface area (Å²) in [5.74, 6) is 0. The van der Waals surface area contributed by atoms with Gasteiger partial charge in [0.2, 0.25) is 0 Å². The molecule has 120 valence electrons. The smallest absolute Gasteiger partial charge is 0.162 e. The summed E-state index contributed by atoms with van der Waals surface area (Å²) in [4.78, 5) is 8.66. The highest BCUT2D eigenvalue weighted by Gasteiger charge is 2.16. The van der Waals surface area contributed by atoms with E-state index >= 15 is 0 Å². The van der Waals surface area contributed by atoms with Crippen LogP contribution in [0.1, 0.15) is 17.9 Å². The van der Waals surface area contributed by atoms with E-state index < -0.39 is 0 Å². The Bertz CT molecular complexity index is 976. The molecule has 0 aliphatic carbocycles. The predicted molar refractivity (Wildman–Crippen MR) is 91.9 cm³/mol. The molecular formula is C16H15N7S. The first-order chi connectivity index (χ1) is 11.7. The summed E-state index contributed by atoms with van der Waals surface area (Å²) in [6.07, 6.45) is 5.32. The van der Waals surface area contributed by atoms with Gasteiger partial charge < -0.3 is 0 Å². The Morgan fingerprint density at radius 3 is 2.79 bits per heavy atom. The molecule has 0 saturated heterocycles. The van der Waals surface area contributed by atoms with Crippen molar-refractivity contribution >= 4 is 22.8 Å². The quantitative estimate of drug-likeness (QED) is 0.421. The van der Waals surface area contributed by atoms with E-state index in [1.54, 1.807) is 33.6 Å². The summed E-state index contributed by atoms with van der Waals surface area (Å²) in [7, 11) is 1.87. The van der Waals surface area contributed by atoms with Crippen molar-refractivity contribution < 1.29 is 0 Å². The molecule has 0 unspecified atom stereocenters. The highest BCUT2D eigenvalue weighted by Crippen LogP contribution is 2.35. The number of fused-ring (bicyclic) bond motifs is 1. The Morgan fingerprint density at radius 1 is 1.12 bits per heavy atom. The minimum atomic E-state index is 0.112. The minimum absolute atomic E-state index is 0.112. The summed E-state index contributed by atoms with van der Waals surface area (Å²) >= 11 is 1.63. The Labute approximate surface area is 142 Å². The van der Waals surface area contributed by atoms with E-state index in [4.69, 9.17) is 0 Å². The zero-order valence-electron chi connectivity index (χ0n) is 13.2. The lowest BCUT2D eigenvalue weighted by atomic mass is 10.3. The monoisotopic (exact) mass is 337 g/mol. The number of aryl methyl sites for hydroxylation is 1. The number of hydrogen-bond acceptors (Lipinski definition) is 6. The predicted octanol–water partition coefficient (Wildman–Crippen LogP) is 2.80. The fourth-order valence-corrected chi connectivity index (χ4v) is 3.37. The summed E-state index contributed by atoms with van der Waals surface area (Å²) in [6, 6.07) is 9.94. The maximum atomic E-state index is 4.39. The second-order valence-corrected chi connectivity index (χ2v) is 6.70. The number of rotatable bonds is 4. The topological polar surface area (TPSA) is 74.3 Å². The van der Waals surface area contributed by atoms with Crippen molar-refractivity contribution in [1.82, 2.24) is 34.7 Å². The van der Waals surface area contributed by atoms with Gasteiger partial charge in [0.15, 0.2) is 5.65 Å². The van der Waals surface area contributed by atoms with Gasteiger partial charge in [-0.2, -0.15) is 5.10 Å². The molecular weight excluding hydrogens is 322 g/mol. The van der Waals surface area contributed by atoms with Gasteiger partial charge in [0.25, 0.3) is 0 Å². The molecule has 1 atom stereocenters. The average molecular weight is 337 g/mol. The van der Waals surface area contributed by atoms with E-state index in [1.807, 2.05) is 43.6 Å². The summed E-state index contributed by atoms with van der Waals surface area (Å²) in [5, 5.41) is 14.7. The molecule has 0 aliphatic heterocycles. The van der Waals surface area contributed by atoms with Crippen molar-refractivity contribution in [3.63, 3.8) is 0 Å². The molecule has 3 aromatic heterocycles. The Hall–Kier alpha value is -2.74. The number of nitrogens with zero attached hydrogens (tertiary/aromatic N) is 7. The van der Waals surface area contributed by atoms with Crippen LogP contribution in [-0.2, 0) is 7.05 Å². The highest BCUT2D eigenvalue weighted by molar-refractivity contribution is 7.99. The second kappa shape index (κ2) is 6.04. The zero-order valence-corrected chi connectivity index (χ0v) is 14.1. The van der Waals surface area contributed by atoms with E-state index in [0.29, 0.717) is 0 Å². The van der Waals surface area contributed by atoms with Crippen molar-refractivity contribution in [3.05, 3.63) is 54.7 Å². The first-order valence-electron chi connectivity index (χ1n) is 7.49. The van der Waals surface area contributed by atoms with Crippen molar-refractivity contribution in [2.45, 2.75) is 17.2 Å². The molecule has 3 heterocycles. The van der Waals surface area contributed by atoms with Crippen molar-refractivity contribution in [2.75, 3.05) is 0 Å². The molecule has 1 aromatic carbocycles. The number of benzene rings is 1. The molecule has 7 nitrogen and oxygen atoms in total. The fourth-order valence-electron chi connectivity index (χ4n) is 2.43. The molecule has 0 spiro atoms. The van der Waals surface area contributed by atoms with Crippen LogP contribution < -0.4 is 0 Å². The zero-order chi connectivity index (χ0) is 16.5. The molecule has 0 aliphatic rings. The fraction of sp³-hybridized carbons (Fsp3) is 0.188. The van der Waals surface area contributed by atoms with Gasteiger partial charge in [-0.25, -0.2) is 14.6 Å². The lowest BCUT2D eigenvalue weighted by molar-refractivity contribution is 0.784. The molecule has 0 saturated carbocycles. The molecule has 0 fully saturated rings. The third-order valence-corrected chi connectivity index (χ3v) is 4.87. The first-order valence-corrected chi connectivity index (χ1v) is 8.37. The Balaban J connectivity index is 1.60. The molecule has 8 heteroatoms. The van der Waals surface area contributed by atoms with Crippen LogP contribution in [-0.4, -0.2) is 34.7 Å². The lowest BCUT2D eigenvalue weighted by Gasteiger charge is -2.07. The van der Waals surface area contributed by atoms with Crippen molar-refractivity contribution in [1.29, 1.82) is 0 Å². The van der Waals surface area contributed by atoms with Gasteiger partial charge in [-0.1, -0.05) is 35.2 Å². The van der Waals surface area contributed by atoms with E-state index in [-0.39, 0.29) is 5.25 Å². The van der Waals surface area contributed by atoms with Crippen LogP contribution in [0.25, 0.3) is 16.7 Å². The van der Waals surface area contributed by atoms with Gasteiger partial charge in [0.1, 0.15) is 11.4 Å². The Kier molecular flexibility index (Phi) is 3.73. The van der Waals surface area contributed by atoms with Crippen molar-refractivity contribution in [2.24, 2.45) is 7.05 Å². The van der Waals surface area contributed by atoms with E-state index in [2.05, 4.69) is 32.3 Å². The molecule has 24 heavy (non-hydrogen) atoms. The molecule has 0 radical (unpaired) electrons. The number of thioether (sulfide) groups is 1. The third kappa shape index (κ3) is 2.65. The van der Waals surface area contributed by atoms with Gasteiger partial charge in [0.05, 0.1) is 34.4 Å². The maximum absolute atomic E-state index is 4.39. The SMILES string of the molecule is C[C@@H](Sc1ncnc2c1cnn2C)c1cn(-c2ccccc2)nn1. The molecule has 0 amide bonds. The van der Waals surface area contributed by atoms with E-state index in [0.717, 1.165) is 27.4 Å². The number of para-hydroxylation sites is 1. The Morgan fingerprint density at radius 2 is 1.96 bits per heavy atom. The normalized spacial score (nSPS) is 12.6. The van der Waals surface area contributed by atoms with Crippen LogP contribution >= 0.6 is 11.8 Å². The van der Waals surface area contributed by atoms with Crippen molar-refractivity contribution in [3.8, 4) is 5.69 Å². The standard InChI is InChI=1S/C16H15N7S/c1-11(14-9-23(21-20-14)12-6-4-3-5-7-12)24-16-13-8-19-22(2)15(13)17-10-18-16/h3-11H,1-2H3/t11-/m1/s1. The second-order valence-electron chi connectivity index (χ2n) is 5.37. The molecule has 4 aromatic rings. The van der Waals surface area contributed by atoms with Gasteiger partial charge in [-0.3, -0.25) is 4.68 Å². The average Bonchev–Trinajstić information content (AvgIpc) is 3.24. The van der Waals surface area contributed by atoms with Gasteiger partial charge in [-0.05, 0) is 19.1 Å². The van der Waals surface area contributed by atoms with Crippen LogP contribution in [0.4, 0.5) is 0 Å². The summed E-state index contributed by atoms with van der Waals surface area (Å²) in [5.41, 5.74) is 2.72. The van der Waals surface area contributed by atoms with Crippen LogP contribution in [0.3, 0.4) is 0 Å². The minimum Gasteiger partial charge on any atom is -0.250 e. The summed E-state index contributed by atoms with van der Waals surface area (Å²) in [6.45, 7) is 2.09. The van der Waals surface area contributed by atoms with E-state index in [9.17, 15) is 0 Å². The molecule has 0 bridgehead atoms. The lowest BCUT2D eigenvalue weighted by Crippen LogP contribution is -1.94. The van der Waals surface area contributed by atoms with E-state index in [1.165, 1.54) is 0 Å². The molecule has 4 rings (SSSR count).